The molecular weight excluding hydrogens is 160 g/mol. The highest BCUT2D eigenvalue weighted by Crippen LogP contribution is 2.14. The van der Waals surface area contributed by atoms with Crippen LogP contribution in [-0.2, 0) is 0 Å². The minimum Gasteiger partial charge on any atom is -0.321 e. The van der Waals surface area contributed by atoms with Crippen molar-refractivity contribution in [3.63, 3.8) is 0 Å². The highest BCUT2D eigenvalue weighted by atomic mass is 35.5. The Labute approximate surface area is 70.7 Å². The van der Waals surface area contributed by atoms with Gasteiger partial charge in [-0.2, -0.15) is 0 Å². The van der Waals surface area contributed by atoms with Crippen LogP contribution in [0.25, 0.3) is 0 Å². The van der Waals surface area contributed by atoms with E-state index in [4.69, 9.17) is 17.3 Å². The molecule has 3 heteroatoms. The van der Waals surface area contributed by atoms with E-state index >= 15 is 0 Å². The highest BCUT2D eigenvalue weighted by molar-refractivity contribution is 6.30. The fourth-order valence-corrected chi connectivity index (χ4v) is 0.929. The maximum atomic E-state index is 5.69. The van der Waals surface area contributed by atoms with Crippen LogP contribution in [-0.4, -0.2) is 4.98 Å². The number of rotatable bonds is 2. The number of nitrogens with zero attached hydrogens (tertiary/aromatic N) is 1. The van der Waals surface area contributed by atoms with Gasteiger partial charge in [0.2, 0.25) is 0 Å². The molecule has 11 heavy (non-hydrogen) atoms. The summed E-state index contributed by atoms with van der Waals surface area (Å²) in [5, 5.41) is 0.597. The highest BCUT2D eigenvalue weighted by Gasteiger charge is 2.00. The van der Waals surface area contributed by atoms with E-state index < -0.39 is 0 Å². The fraction of sp³-hybridized carbons (Fsp3) is 0.125. The summed E-state index contributed by atoms with van der Waals surface area (Å²) in [6.45, 7) is 3.57. The van der Waals surface area contributed by atoms with Crippen LogP contribution in [0.2, 0.25) is 5.02 Å². The van der Waals surface area contributed by atoms with Crippen LogP contribution in [0, 0.1) is 0 Å². The first-order chi connectivity index (χ1) is 5.24. The number of hydrogen-bond donors (Lipinski definition) is 1. The molecule has 0 saturated heterocycles. The fourth-order valence-electron chi connectivity index (χ4n) is 0.747. The van der Waals surface area contributed by atoms with Crippen molar-refractivity contribution in [3.8, 4) is 0 Å². The van der Waals surface area contributed by atoms with Crippen LogP contribution < -0.4 is 5.73 Å². The van der Waals surface area contributed by atoms with Gasteiger partial charge in [0.25, 0.3) is 0 Å². The van der Waals surface area contributed by atoms with Crippen molar-refractivity contribution in [2.75, 3.05) is 0 Å². The molecule has 0 bridgehead atoms. The van der Waals surface area contributed by atoms with Gasteiger partial charge in [0.1, 0.15) is 0 Å². The summed E-state index contributed by atoms with van der Waals surface area (Å²) in [7, 11) is 0. The zero-order valence-corrected chi connectivity index (χ0v) is 6.75. The smallest absolute Gasteiger partial charge is 0.0592 e. The van der Waals surface area contributed by atoms with E-state index in [1.807, 2.05) is 0 Å². The summed E-state index contributed by atoms with van der Waals surface area (Å²) in [6.07, 6.45) is 4.90. The largest absolute Gasteiger partial charge is 0.321 e. The Balaban J connectivity index is 2.95. The first-order valence-electron chi connectivity index (χ1n) is 3.22. The number of pyridine rings is 1. The van der Waals surface area contributed by atoms with Crippen molar-refractivity contribution >= 4 is 11.6 Å². The van der Waals surface area contributed by atoms with E-state index in [9.17, 15) is 0 Å². The predicted molar refractivity (Wildman–Crippen MR) is 46.4 cm³/mol. The molecular formula is C8H9ClN2. The van der Waals surface area contributed by atoms with Crippen molar-refractivity contribution < 1.29 is 0 Å². The van der Waals surface area contributed by atoms with Crippen LogP contribution in [0.15, 0.2) is 31.1 Å². The Hall–Kier alpha value is -0.860. The van der Waals surface area contributed by atoms with Gasteiger partial charge in [-0.25, -0.2) is 0 Å². The quantitative estimate of drug-likeness (QED) is 0.686. The molecule has 0 fully saturated rings. The second-order valence-corrected chi connectivity index (χ2v) is 2.63. The Morgan fingerprint density at radius 2 is 2.36 bits per heavy atom. The molecule has 0 spiro atoms. The maximum absolute atomic E-state index is 5.69. The lowest BCUT2D eigenvalue weighted by molar-refractivity contribution is 0.904. The Morgan fingerprint density at radius 3 is 2.91 bits per heavy atom. The molecule has 1 rings (SSSR count). The average molecular weight is 169 g/mol. The Morgan fingerprint density at radius 1 is 1.64 bits per heavy atom. The molecule has 0 aliphatic rings. The van der Waals surface area contributed by atoms with Gasteiger partial charge >= 0.3 is 0 Å². The van der Waals surface area contributed by atoms with Crippen LogP contribution in [0.4, 0.5) is 0 Å². The number of halogens is 1. The molecule has 1 aromatic rings. The maximum Gasteiger partial charge on any atom is 0.0592 e. The van der Waals surface area contributed by atoms with Gasteiger partial charge < -0.3 is 5.73 Å². The van der Waals surface area contributed by atoms with E-state index in [2.05, 4.69) is 11.6 Å². The third-order valence-corrected chi connectivity index (χ3v) is 1.57. The minimum atomic E-state index is -0.179. The third-order valence-electron chi connectivity index (χ3n) is 1.36. The van der Waals surface area contributed by atoms with Crippen molar-refractivity contribution in [3.05, 3.63) is 41.7 Å². The van der Waals surface area contributed by atoms with E-state index in [1.54, 1.807) is 24.5 Å². The Bertz CT molecular complexity index is 260. The monoisotopic (exact) mass is 168 g/mol. The standard InChI is InChI=1S/C8H9ClN2/c1-2-8(10)6-3-7(9)5-11-4-6/h2-5,8H,1,10H2. The number of hydrogen-bond acceptors (Lipinski definition) is 2. The SMILES string of the molecule is C=CC(N)c1cncc(Cl)c1. The summed E-state index contributed by atoms with van der Waals surface area (Å²) in [4.78, 5) is 3.89. The molecule has 1 heterocycles. The molecule has 0 aliphatic heterocycles. The van der Waals surface area contributed by atoms with Gasteiger partial charge in [0, 0.05) is 18.4 Å². The summed E-state index contributed by atoms with van der Waals surface area (Å²) < 4.78 is 0. The second-order valence-electron chi connectivity index (χ2n) is 2.20. The lowest BCUT2D eigenvalue weighted by atomic mass is 10.1. The van der Waals surface area contributed by atoms with Gasteiger partial charge in [-0.15, -0.1) is 6.58 Å². The molecule has 0 aromatic carbocycles. The van der Waals surface area contributed by atoms with Crippen LogP contribution in [0.3, 0.4) is 0 Å². The summed E-state index contributed by atoms with van der Waals surface area (Å²) in [5.41, 5.74) is 6.53. The topological polar surface area (TPSA) is 38.9 Å². The zero-order valence-electron chi connectivity index (χ0n) is 6.00. The predicted octanol–water partition coefficient (Wildman–Crippen LogP) is 1.92. The van der Waals surface area contributed by atoms with Crippen molar-refractivity contribution in [2.24, 2.45) is 5.73 Å². The lowest BCUT2D eigenvalue weighted by Gasteiger charge is -2.04. The molecule has 0 amide bonds. The summed E-state index contributed by atoms with van der Waals surface area (Å²) in [6, 6.07) is 1.60. The molecule has 1 aromatic heterocycles. The van der Waals surface area contributed by atoms with E-state index in [0.29, 0.717) is 5.02 Å². The number of nitrogens with two attached hydrogens (primary N) is 1. The van der Waals surface area contributed by atoms with Gasteiger partial charge in [0.15, 0.2) is 0 Å². The minimum absolute atomic E-state index is 0.179. The first-order valence-corrected chi connectivity index (χ1v) is 3.60. The van der Waals surface area contributed by atoms with Crippen molar-refractivity contribution in [1.29, 1.82) is 0 Å². The number of aromatic nitrogens is 1. The molecule has 2 N–H and O–H groups in total. The normalized spacial score (nSPS) is 12.5. The third kappa shape index (κ3) is 2.03. The molecule has 2 nitrogen and oxygen atoms in total. The molecule has 1 atom stereocenters. The van der Waals surface area contributed by atoms with Gasteiger partial charge in [-0.1, -0.05) is 17.7 Å². The van der Waals surface area contributed by atoms with Gasteiger partial charge in [-0.05, 0) is 11.6 Å². The lowest BCUT2D eigenvalue weighted by Crippen LogP contribution is -2.06. The van der Waals surface area contributed by atoms with Crippen LogP contribution in [0.5, 0.6) is 0 Å². The van der Waals surface area contributed by atoms with Gasteiger partial charge in [-0.3, -0.25) is 4.98 Å². The van der Waals surface area contributed by atoms with Crippen molar-refractivity contribution in [1.82, 2.24) is 4.98 Å². The summed E-state index contributed by atoms with van der Waals surface area (Å²) in [5.74, 6) is 0. The van der Waals surface area contributed by atoms with E-state index in [0.717, 1.165) is 5.56 Å². The van der Waals surface area contributed by atoms with Crippen LogP contribution in [0.1, 0.15) is 11.6 Å². The first kappa shape index (κ1) is 8.24. The summed E-state index contributed by atoms with van der Waals surface area (Å²) >= 11 is 5.69. The molecule has 0 radical (unpaired) electrons. The Kier molecular flexibility index (Phi) is 2.63. The molecule has 0 aliphatic carbocycles. The van der Waals surface area contributed by atoms with Crippen molar-refractivity contribution in [2.45, 2.75) is 6.04 Å². The molecule has 0 saturated carbocycles. The second kappa shape index (κ2) is 3.51. The average Bonchev–Trinajstić information content (AvgIpc) is 2.03. The molecule has 1 unspecified atom stereocenters. The molecule has 58 valence electrons. The van der Waals surface area contributed by atoms with E-state index in [1.165, 1.54) is 0 Å². The van der Waals surface area contributed by atoms with Gasteiger partial charge in [0.05, 0.1) is 5.02 Å². The van der Waals surface area contributed by atoms with Crippen LogP contribution >= 0.6 is 11.6 Å². The zero-order chi connectivity index (χ0) is 8.27. The van der Waals surface area contributed by atoms with E-state index in [-0.39, 0.29) is 6.04 Å².